The third kappa shape index (κ3) is 2.31. The fourth-order valence-corrected chi connectivity index (χ4v) is 2.26. The molecule has 0 saturated heterocycles. The van der Waals surface area contributed by atoms with Crippen LogP contribution in [0.2, 0.25) is 0 Å². The SMILES string of the molecule is CC(=O)c1ccc2c(c1)nc(C(C)C)n2C(C)C(=O)O. The van der Waals surface area contributed by atoms with Gasteiger partial charge in [-0.1, -0.05) is 13.8 Å². The zero-order valence-corrected chi connectivity index (χ0v) is 12.0. The molecule has 2 aromatic rings. The van der Waals surface area contributed by atoms with Crippen LogP contribution in [0.4, 0.5) is 0 Å². The Bertz CT molecular complexity index is 686. The molecule has 2 rings (SSSR count). The molecule has 1 unspecified atom stereocenters. The summed E-state index contributed by atoms with van der Waals surface area (Å²) in [6.45, 7) is 7.08. The lowest BCUT2D eigenvalue weighted by atomic mass is 10.1. The van der Waals surface area contributed by atoms with Crippen LogP contribution in [0.5, 0.6) is 0 Å². The molecule has 0 spiro atoms. The minimum Gasteiger partial charge on any atom is -0.480 e. The number of rotatable bonds is 4. The number of imidazole rings is 1. The first-order valence-corrected chi connectivity index (χ1v) is 6.58. The largest absolute Gasteiger partial charge is 0.480 e. The highest BCUT2D eigenvalue weighted by molar-refractivity contribution is 5.97. The second-order valence-electron chi connectivity index (χ2n) is 5.27. The van der Waals surface area contributed by atoms with E-state index in [0.717, 1.165) is 11.3 Å². The first kappa shape index (κ1) is 14.2. The number of ketones is 1. The van der Waals surface area contributed by atoms with E-state index >= 15 is 0 Å². The van der Waals surface area contributed by atoms with Crippen molar-refractivity contribution in [1.29, 1.82) is 0 Å². The average Bonchev–Trinajstić information content (AvgIpc) is 2.75. The number of carbonyl (C=O) groups excluding carboxylic acids is 1. The van der Waals surface area contributed by atoms with Crippen LogP contribution in [-0.2, 0) is 4.79 Å². The maximum absolute atomic E-state index is 11.4. The molecule has 0 saturated carbocycles. The van der Waals surface area contributed by atoms with Gasteiger partial charge in [0.15, 0.2) is 5.78 Å². The van der Waals surface area contributed by atoms with Gasteiger partial charge in [0.05, 0.1) is 11.0 Å². The van der Waals surface area contributed by atoms with Gasteiger partial charge in [0.25, 0.3) is 0 Å². The summed E-state index contributed by atoms with van der Waals surface area (Å²) in [7, 11) is 0. The summed E-state index contributed by atoms with van der Waals surface area (Å²) < 4.78 is 1.73. The van der Waals surface area contributed by atoms with Crippen molar-refractivity contribution in [2.45, 2.75) is 39.7 Å². The van der Waals surface area contributed by atoms with Crippen molar-refractivity contribution in [3.63, 3.8) is 0 Å². The Labute approximate surface area is 117 Å². The standard InChI is InChI=1S/C15H18N2O3/c1-8(2)14-16-12-7-11(10(4)18)5-6-13(12)17(14)9(3)15(19)20/h5-9H,1-4H3,(H,19,20). The lowest BCUT2D eigenvalue weighted by Crippen LogP contribution is -2.18. The van der Waals surface area contributed by atoms with Crippen LogP contribution >= 0.6 is 0 Å². The Hall–Kier alpha value is -2.17. The quantitative estimate of drug-likeness (QED) is 0.870. The monoisotopic (exact) mass is 274 g/mol. The van der Waals surface area contributed by atoms with Gasteiger partial charge in [-0.15, -0.1) is 0 Å². The zero-order chi connectivity index (χ0) is 15.0. The predicted molar refractivity (Wildman–Crippen MR) is 76.2 cm³/mol. The third-order valence-corrected chi connectivity index (χ3v) is 3.38. The molecule has 20 heavy (non-hydrogen) atoms. The van der Waals surface area contributed by atoms with Crippen LogP contribution in [0.1, 0.15) is 55.8 Å². The van der Waals surface area contributed by atoms with Gasteiger partial charge in [0.1, 0.15) is 11.9 Å². The zero-order valence-electron chi connectivity index (χ0n) is 12.0. The molecular formula is C15H18N2O3. The molecule has 5 heteroatoms. The van der Waals surface area contributed by atoms with Gasteiger partial charge >= 0.3 is 5.97 Å². The Morgan fingerprint density at radius 2 is 1.90 bits per heavy atom. The molecule has 0 aliphatic carbocycles. The maximum Gasteiger partial charge on any atom is 0.326 e. The molecule has 106 valence electrons. The average molecular weight is 274 g/mol. The molecule has 1 atom stereocenters. The number of carboxylic acid groups (broad SMARTS) is 1. The van der Waals surface area contributed by atoms with Gasteiger partial charge in [-0.3, -0.25) is 4.79 Å². The molecular weight excluding hydrogens is 256 g/mol. The van der Waals surface area contributed by atoms with E-state index in [9.17, 15) is 14.7 Å². The number of nitrogens with zero attached hydrogens (tertiary/aromatic N) is 2. The van der Waals surface area contributed by atoms with Crippen LogP contribution in [0.15, 0.2) is 18.2 Å². The Morgan fingerprint density at radius 1 is 1.25 bits per heavy atom. The van der Waals surface area contributed by atoms with Crippen molar-refractivity contribution >= 4 is 22.8 Å². The summed E-state index contributed by atoms with van der Waals surface area (Å²) in [5, 5.41) is 9.26. The van der Waals surface area contributed by atoms with Crippen LogP contribution < -0.4 is 0 Å². The second-order valence-corrected chi connectivity index (χ2v) is 5.27. The van der Waals surface area contributed by atoms with Gasteiger partial charge < -0.3 is 9.67 Å². The van der Waals surface area contributed by atoms with E-state index in [1.54, 1.807) is 29.7 Å². The number of aromatic nitrogens is 2. The van der Waals surface area contributed by atoms with Crippen molar-refractivity contribution in [3.05, 3.63) is 29.6 Å². The lowest BCUT2D eigenvalue weighted by molar-refractivity contribution is -0.140. The Balaban J connectivity index is 2.73. The van der Waals surface area contributed by atoms with E-state index in [1.807, 2.05) is 13.8 Å². The maximum atomic E-state index is 11.4. The summed E-state index contributed by atoms with van der Waals surface area (Å²) in [6, 6.07) is 4.50. The Kier molecular flexibility index (Phi) is 3.61. The molecule has 1 N–H and O–H groups in total. The number of carbonyl (C=O) groups is 2. The number of hydrogen-bond donors (Lipinski definition) is 1. The highest BCUT2D eigenvalue weighted by atomic mass is 16.4. The van der Waals surface area contributed by atoms with Crippen molar-refractivity contribution in [3.8, 4) is 0 Å². The van der Waals surface area contributed by atoms with E-state index in [-0.39, 0.29) is 11.7 Å². The molecule has 0 radical (unpaired) electrons. The summed E-state index contributed by atoms with van der Waals surface area (Å²) in [5.74, 6) is -0.110. The van der Waals surface area contributed by atoms with E-state index in [0.29, 0.717) is 11.1 Å². The highest BCUT2D eigenvalue weighted by Gasteiger charge is 2.22. The smallest absolute Gasteiger partial charge is 0.326 e. The summed E-state index contributed by atoms with van der Waals surface area (Å²) in [5.41, 5.74) is 1.99. The van der Waals surface area contributed by atoms with Crippen molar-refractivity contribution in [2.24, 2.45) is 0 Å². The van der Waals surface area contributed by atoms with E-state index in [4.69, 9.17) is 0 Å². The molecule has 0 bridgehead atoms. The first-order valence-electron chi connectivity index (χ1n) is 6.58. The van der Waals surface area contributed by atoms with Crippen LogP contribution in [-0.4, -0.2) is 26.4 Å². The fraction of sp³-hybridized carbons (Fsp3) is 0.400. The van der Waals surface area contributed by atoms with Gasteiger partial charge in [-0.2, -0.15) is 0 Å². The van der Waals surface area contributed by atoms with Crippen LogP contribution in [0.3, 0.4) is 0 Å². The molecule has 5 nitrogen and oxygen atoms in total. The number of aliphatic carboxylic acids is 1. The Morgan fingerprint density at radius 3 is 2.40 bits per heavy atom. The number of fused-ring (bicyclic) bond motifs is 1. The van der Waals surface area contributed by atoms with E-state index in [2.05, 4.69) is 4.98 Å². The number of benzene rings is 1. The fourth-order valence-electron chi connectivity index (χ4n) is 2.26. The van der Waals surface area contributed by atoms with Gasteiger partial charge in [0.2, 0.25) is 0 Å². The first-order chi connectivity index (χ1) is 9.32. The van der Waals surface area contributed by atoms with Gasteiger partial charge in [-0.05, 0) is 32.0 Å². The highest BCUT2D eigenvalue weighted by Crippen LogP contribution is 2.27. The molecule has 1 heterocycles. The van der Waals surface area contributed by atoms with Crippen LogP contribution in [0.25, 0.3) is 11.0 Å². The van der Waals surface area contributed by atoms with Gasteiger partial charge in [0, 0.05) is 11.5 Å². The molecule has 0 aliphatic heterocycles. The molecule has 1 aromatic carbocycles. The van der Waals surface area contributed by atoms with E-state index < -0.39 is 12.0 Å². The minimum absolute atomic E-state index is 0.0289. The minimum atomic E-state index is -0.901. The van der Waals surface area contributed by atoms with Crippen molar-refractivity contribution in [2.75, 3.05) is 0 Å². The third-order valence-electron chi connectivity index (χ3n) is 3.38. The van der Waals surface area contributed by atoms with Crippen molar-refractivity contribution in [1.82, 2.24) is 9.55 Å². The molecule has 0 amide bonds. The molecule has 0 aliphatic rings. The van der Waals surface area contributed by atoms with E-state index in [1.165, 1.54) is 6.92 Å². The normalized spacial score (nSPS) is 12.8. The predicted octanol–water partition coefficient (Wildman–Crippen LogP) is 3.01. The van der Waals surface area contributed by atoms with Crippen LogP contribution in [0, 0.1) is 0 Å². The second kappa shape index (κ2) is 5.07. The number of hydrogen-bond acceptors (Lipinski definition) is 3. The summed E-state index contributed by atoms with van der Waals surface area (Å²) in [6.07, 6.45) is 0. The van der Waals surface area contributed by atoms with Gasteiger partial charge in [-0.25, -0.2) is 9.78 Å². The molecule has 1 aromatic heterocycles. The number of carboxylic acids is 1. The molecule has 0 fully saturated rings. The summed E-state index contributed by atoms with van der Waals surface area (Å²) >= 11 is 0. The number of Topliss-reactive ketones (excluding diaryl/α,β-unsaturated/α-hetero) is 1. The summed E-state index contributed by atoms with van der Waals surface area (Å²) in [4.78, 5) is 27.2. The lowest BCUT2D eigenvalue weighted by Gasteiger charge is -2.15. The van der Waals surface area contributed by atoms with Crippen molar-refractivity contribution < 1.29 is 14.7 Å². The topological polar surface area (TPSA) is 72.2 Å².